The lowest BCUT2D eigenvalue weighted by Crippen LogP contribution is -2.33. The van der Waals surface area contributed by atoms with Gasteiger partial charge in [0.15, 0.2) is 0 Å². The van der Waals surface area contributed by atoms with Gasteiger partial charge in [0.05, 0.1) is 9.54 Å². The van der Waals surface area contributed by atoms with Crippen molar-refractivity contribution >= 4 is 47.3 Å². The highest BCUT2D eigenvalue weighted by atomic mass is 79.9. The molecule has 0 aliphatic heterocycles. The molecule has 10 heteroatoms. The fourth-order valence-electron chi connectivity index (χ4n) is 0.840. The number of primary sulfonamides is 1. The summed E-state index contributed by atoms with van der Waals surface area (Å²) in [7, 11) is -7.51. The van der Waals surface area contributed by atoms with Crippen LogP contribution >= 0.6 is 27.3 Å². The van der Waals surface area contributed by atoms with Crippen LogP contribution in [0.3, 0.4) is 0 Å². The second kappa shape index (κ2) is 5.10. The molecule has 0 radical (unpaired) electrons. The van der Waals surface area contributed by atoms with E-state index in [4.69, 9.17) is 0 Å². The van der Waals surface area contributed by atoms with E-state index in [1.807, 2.05) is 4.72 Å². The van der Waals surface area contributed by atoms with Gasteiger partial charge in [0.1, 0.15) is 5.88 Å². The average molecular weight is 349 g/mol. The van der Waals surface area contributed by atoms with E-state index in [9.17, 15) is 16.8 Å². The Morgan fingerprint density at radius 3 is 2.38 bits per heavy atom. The monoisotopic (exact) mass is 348 g/mol. The van der Waals surface area contributed by atoms with Crippen molar-refractivity contribution in [1.82, 2.24) is 4.72 Å². The molecule has 0 fully saturated rings. The van der Waals surface area contributed by atoms with E-state index in [0.29, 0.717) is 4.88 Å². The first-order valence-corrected chi connectivity index (χ1v) is 8.88. The minimum absolute atomic E-state index is 0.265. The molecule has 0 unspecified atom stereocenters. The van der Waals surface area contributed by atoms with Crippen molar-refractivity contribution in [3.63, 3.8) is 0 Å². The van der Waals surface area contributed by atoms with Crippen LogP contribution in [0.25, 0.3) is 0 Å². The lowest BCUT2D eigenvalue weighted by molar-refractivity contribution is 0.576. The Bertz CT molecular complexity index is 562. The largest absolute Gasteiger partial charge is 0.228 e. The molecular weight excluding hydrogens is 340 g/mol. The van der Waals surface area contributed by atoms with Crippen molar-refractivity contribution < 1.29 is 16.8 Å². The molecule has 0 amide bonds. The fraction of sp³-hybridized carbons (Fsp3) is 0.333. The quantitative estimate of drug-likeness (QED) is 0.791. The number of halogens is 1. The summed E-state index contributed by atoms with van der Waals surface area (Å²) in [5, 5.41) is 4.68. The molecule has 1 rings (SSSR count). The highest BCUT2D eigenvalue weighted by Crippen LogP contribution is 2.23. The van der Waals surface area contributed by atoms with E-state index in [1.165, 1.54) is 11.3 Å². The molecule has 3 N–H and O–H groups in total. The molecule has 0 saturated carbocycles. The van der Waals surface area contributed by atoms with Crippen LogP contribution in [0.5, 0.6) is 0 Å². The molecule has 0 atom stereocenters. The zero-order valence-corrected chi connectivity index (χ0v) is 11.9. The zero-order valence-electron chi connectivity index (χ0n) is 7.88. The van der Waals surface area contributed by atoms with Crippen LogP contribution in [0, 0.1) is 0 Å². The van der Waals surface area contributed by atoms with Crippen LogP contribution in [-0.2, 0) is 25.8 Å². The van der Waals surface area contributed by atoms with E-state index in [1.54, 1.807) is 12.1 Å². The number of nitrogens with one attached hydrogen (secondary N) is 1. The summed E-state index contributed by atoms with van der Waals surface area (Å²) in [5.41, 5.74) is 0. The Labute approximate surface area is 106 Å². The Kier molecular flexibility index (Phi) is 4.49. The molecule has 6 nitrogen and oxygen atoms in total. The van der Waals surface area contributed by atoms with Gasteiger partial charge in [0.25, 0.3) is 0 Å². The topological polar surface area (TPSA) is 106 Å². The van der Waals surface area contributed by atoms with Gasteiger partial charge in [-0.05, 0) is 28.1 Å². The smallest absolute Gasteiger partial charge is 0.223 e. The molecule has 16 heavy (non-hydrogen) atoms. The van der Waals surface area contributed by atoms with Crippen LogP contribution in [0.15, 0.2) is 15.9 Å². The lowest BCUT2D eigenvalue weighted by atomic mass is 10.5. The number of sulfonamides is 2. The average Bonchev–Trinajstić information content (AvgIpc) is 2.46. The van der Waals surface area contributed by atoms with Crippen molar-refractivity contribution in [2.24, 2.45) is 5.14 Å². The van der Waals surface area contributed by atoms with Gasteiger partial charge in [-0.25, -0.2) is 22.0 Å². The van der Waals surface area contributed by atoms with Crippen LogP contribution in [0.4, 0.5) is 0 Å². The number of rotatable bonds is 5. The summed E-state index contributed by atoms with van der Waals surface area (Å²) in [6.45, 7) is 0. The maximum absolute atomic E-state index is 11.4. The first-order chi connectivity index (χ1) is 7.18. The predicted octanol–water partition coefficient (Wildman–Crippen LogP) is 0.176. The number of nitrogens with two attached hydrogens (primary N) is 1. The van der Waals surface area contributed by atoms with Crippen molar-refractivity contribution in [3.05, 3.63) is 20.8 Å². The summed E-state index contributed by atoms with van der Waals surface area (Å²) in [4.78, 5) is 0.605. The Balaban J connectivity index is 2.66. The van der Waals surface area contributed by atoms with Crippen molar-refractivity contribution in [3.8, 4) is 0 Å². The van der Waals surface area contributed by atoms with Crippen molar-refractivity contribution in [1.29, 1.82) is 0 Å². The summed E-state index contributed by atoms with van der Waals surface area (Å²) >= 11 is 4.46. The van der Waals surface area contributed by atoms with Gasteiger partial charge in [0, 0.05) is 4.88 Å². The number of thiophene rings is 1. The van der Waals surface area contributed by atoms with Gasteiger partial charge >= 0.3 is 0 Å². The first kappa shape index (κ1) is 14.1. The molecule has 0 aromatic carbocycles. The highest BCUT2D eigenvalue weighted by Gasteiger charge is 2.15. The van der Waals surface area contributed by atoms with E-state index >= 15 is 0 Å². The van der Waals surface area contributed by atoms with Gasteiger partial charge in [-0.3, -0.25) is 0 Å². The third-order valence-corrected chi connectivity index (χ3v) is 5.25. The Morgan fingerprint density at radius 1 is 1.31 bits per heavy atom. The fourth-order valence-corrected chi connectivity index (χ4v) is 4.77. The predicted molar refractivity (Wildman–Crippen MR) is 65.8 cm³/mol. The molecular formula is C6H9BrN2O4S3. The standard InChI is InChI=1S/C6H9BrN2O4S3/c7-6-2-1-5(14-6)3-16(12,13)9-4-15(8,10)11/h1-2,9H,3-4H2,(H2,8,10,11). The van der Waals surface area contributed by atoms with Gasteiger partial charge in [-0.1, -0.05) is 0 Å². The third-order valence-electron chi connectivity index (χ3n) is 1.44. The first-order valence-electron chi connectivity index (χ1n) is 3.90. The molecule has 0 bridgehead atoms. The van der Waals surface area contributed by atoms with Gasteiger partial charge in [-0.2, -0.15) is 4.72 Å². The van der Waals surface area contributed by atoms with Crippen LogP contribution < -0.4 is 9.86 Å². The molecule has 0 aliphatic carbocycles. The molecule has 0 saturated heterocycles. The van der Waals surface area contributed by atoms with E-state index in [2.05, 4.69) is 21.1 Å². The van der Waals surface area contributed by atoms with Gasteiger partial charge in [-0.15, -0.1) is 11.3 Å². The SMILES string of the molecule is NS(=O)(=O)CNS(=O)(=O)Cc1ccc(Br)s1. The molecule has 1 heterocycles. The Hall–Kier alpha value is -0.0000000000000000833. The summed E-state index contributed by atoms with van der Waals surface area (Å²) < 4.78 is 46.7. The minimum Gasteiger partial charge on any atom is -0.228 e. The second-order valence-corrected chi connectivity index (χ2v) is 8.89. The second-order valence-electron chi connectivity index (χ2n) is 2.92. The summed E-state index contributed by atoms with van der Waals surface area (Å²) in [6, 6.07) is 3.36. The zero-order chi connectivity index (χ0) is 12.4. The minimum atomic E-state index is -3.84. The molecule has 1 aromatic heterocycles. The van der Waals surface area contributed by atoms with Crippen LogP contribution in [0.1, 0.15) is 4.88 Å². The molecule has 0 spiro atoms. The highest BCUT2D eigenvalue weighted by molar-refractivity contribution is 9.11. The maximum Gasteiger partial charge on any atom is 0.223 e. The molecule has 92 valence electrons. The third kappa shape index (κ3) is 5.37. The van der Waals surface area contributed by atoms with Gasteiger partial charge < -0.3 is 0 Å². The van der Waals surface area contributed by atoms with E-state index < -0.39 is 25.9 Å². The lowest BCUT2D eigenvalue weighted by Gasteiger charge is -2.03. The van der Waals surface area contributed by atoms with E-state index in [-0.39, 0.29) is 5.75 Å². The van der Waals surface area contributed by atoms with Gasteiger partial charge in [0.2, 0.25) is 20.0 Å². The van der Waals surface area contributed by atoms with Crippen LogP contribution in [-0.4, -0.2) is 22.7 Å². The Morgan fingerprint density at radius 2 is 1.94 bits per heavy atom. The molecule has 0 aliphatic rings. The molecule has 1 aromatic rings. The van der Waals surface area contributed by atoms with Crippen LogP contribution in [0.2, 0.25) is 0 Å². The van der Waals surface area contributed by atoms with Crippen molar-refractivity contribution in [2.75, 3.05) is 5.88 Å². The van der Waals surface area contributed by atoms with Crippen molar-refractivity contribution in [2.45, 2.75) is 5.75 Å². The number of hydrogen-bond acceptors (Lipinski definition) is 5. The number of hydrogen-bond donors (Lipinski definition) is 2. The van der Waals surface area contributed by atoms with E-state index in [0.717, 1.165) is 3.79 Å². The summed E-state index contributed by atoms with van der Waals surface area (Å²) in [5.74, 6) is -1.05. The summed E-state index contributed by atoms with van der Waals surface area (Å²) in [6.07, 6.45) is 0. The normalized spacial score (nSPS) is 12.9. The maximum atomic E-state index is 11.4.